The Morgan fingerprint density at radius 1 is 1.20 bits per heavy atom. The summed E-state index contributed by atoms with van der Waals surface area (Å²) < 4.78 is 42.9. The molecule has 0 aliphatic heterocycles. The van der Waals surface area contributed by atoms with E-state index in [0.717, 1.165) is 6.07 Å². The van der Waals surface area contributed by atoms with Gasteiger partial charge >= 0.3 is 6.18 Å². The van der Waals surface area contributed by atoms with Gasteiger partial charge in [0.2, 0.25) is 0 Å². The molecule has 1 aromatic carbocycles. The fraction of sp³-hybridized carbons (Fsp3) is 0.143. The summed E-state index contributed by atoms with van der Waals surface area (Å²) in [5, 5.41) is 4.22. The molecule has 0 atom stereocenters. The van der Waals surface area contributed by atoms with E-state index in [4.69, 9.17) is 45.3 Å². The summed E-state index contributed by atoms with van der Waals surface area (Å²) >= 11 is 17.4. The number of hydrogen-bond acceptors (Lipinski definition) is 4. The summed E-state index contributed by atoms with van der Waals surface area (Å²) in [5.41, 5.74) is 7.04. The van der Waals surface area contributed by atoms with Crippen molar-refractivity contribution in [2.75, 3.05) is 12.0 Å². The van der Waals surface area contributed by atoms with E-state index in [2.05, 4.69) is 15.5 Å². The number of halogens is 6. The van der Waals surface area contributed by atoms with Gasteiger partial charge in [-0.3, -0.25) is 5.43 Å². The maximum absolute atomic E-state index is 12.5. The SMILES string of the molecule is NC(COc1ccc(Cl)cc1Cl)=NNc1ncc(C(F)(F)F)cc1Cl. The Kier molecular flexibility index (Phi) is 6.21. The minimum Gasteiger partial charge on any atom is -0.484 e. The van der Waals surface area contributed by atoms with Crippen LogP contribution in [0.1, 0.15) is 5.56 Å². The number of ether oxygens (including phenoxy) is 1. The topological polar surface area (TPSA) is 72.5 Å². The summed E-state index contributed by atoms with van der Waals surface area (Å²) in [4.78, 5) is 3.56. The average molecular weight is 414 g/mol. The van der Waals surface area contributed by atoms with E-state index in [1.54, 1.807) is 12.1 Å². The third-order valence-electron chi connectivity index (χ3n) is 2.74. The number of hydrogen-bond donors (Lipinski definition) is 2. The van der Waals surface area contributed by atoms with Crippen LogP contribution < -0.4 is 15.9 Å². The lowest BCUT2D eigenvalue weighted by atomic mass is 10.3. The number of nitrogens with zero attached hydrogens (tertiary/aromatic N) is 2. The highest BCUT2D eigenvalue weighted by Gasteiger charge is 2.31. The second-order valence-corrected chi connectivity index (χ2v) is 5.88. The predicted molar refractivity (Wildman–Crippen MR) is 91.5 cm³/mol. The number of rotatable bonds is 5. The minimum absolute atomic E-state index is 0.0104. The van der Waals surface area contributed by atoms with E-state index in [1.165, 1.54) is 6.07 Å². The lowest BCUT2D eigenvalue weighted by Gasteiger charge is -2.10. The quantitative estimate of drug-likeness (QED) is 0.419. The van der Waals surface area contributed by atoms with E-state index in [0.29, 0.717) is 22.0 Å². The molecule has 1 heterocycles. The van der Waals surface area contributed by atoms with Crippen LogP contribution in [0, 0.1) is 0 Å². The van der Waals surface area contributed by atoms with Crippen molar-refractivity contribution in [3.05, 3.63) is 51.1 Å². The number of amidine groups is 1. The minimum atomic E-state index is -4.54. The fourth-order valence-corrected chi connectivity index (χ4v) is 2.25. The Bertz CT molecular complexity index is 799. The van der Waals surface area contributed by atoms with Crippen molar-refractivity contribution in [3.63, 3.8) is 0 Å². The third-order valence-corrected chi connectivity index (χ3v) is 3.56. The average Bonchev–Trinajstić information content (AvgIpc) is 2.52. The number of aromatic nitrogens is 1. The van der Waals surface area contributed by atoms with Gasteiger partial charge in [-0.2, -0.15) is 18.3 Å². The Hall–Kier alpha value is -1.90. The van der Waals surface area contributed by atoms with E-state index < -0.39 is 11.7 Å². The van der Waals surface area contributed by atoms with E-state index in [1.807, 2.05) is 0 Å². The summed E-state index contributed by atoms with van der Waals surface area (Å²) in [6, 6.07) is 5.36. The van der Waals surface area contributed by atoms with Gasteiger partial charge in [-0.05, 0) is 24.3 Å². The van der Waals surface area contributed by atoms with Gasteiger partial charge in [-0.15, -0.1) is 0 Å². The normalized spacial score (nSPS) is 12.2. The molecule has 2 aromatic rings. The molecule has 5 nitrogen and oxygen atoms in total. The Morgan fingerprint density at radius 3 is 2.52 bits per heavy atom. The smallest absolute Gasteiger partial charge is 0.417 e. The largest absolute Gasteiger partial charge is 0.484 e. The van der Waals surface area contributed by atoms with Crippen molar-refractivity contribution in [1.82, 2.24) is 4.98 Å². The fourth-order valence-electron chi connectivity index (χ4n) is 1.58. The van der Waals surface area contributed by atoms with Gasteiger partial charge in [0.25, 0.3) is 0 Å². The molecule has 0 fully saturated rings. The first-order valence-corrected chi connectivity index (χ1v) is 7.69. The zero-order valence-corrected chi connectivity index (χ0v) is 14.5. The van der Waals surface area contributed by atoms with Crippen LogP contribution in [0.2, 0.25) is 15.1 Å². The second-order valence-electron chi connectivity index (χ2n) is 4.63. The lowest BCUT2D eigenvalue weighted by Crippen LogP contribution is -2.22. The van der Waals surface area contributed by atoms with Crippen LogP contribution in [0.15, 0.2) is 35.6 Å². The van der Waals surface area contributed by atoms with Gasteiger partial charge in [0, 0.05) is 11.2 Å². The van der Waals surface area contributed by atoms with Crippen LogP contribution in [0.3, 0.4) is 0 Å². The highest BCUT2D eigenvalue weighted by molar-refractivity contribution is 6.35. The molecule has 0 aliphatic carbocycles. The zero-order chi connectivity index (χ0) is 18.6. The van der Waals surface area contributed by atoms with Crippen molar-refractivity contribution >= 4 is 46.5 Å². The van der Waals surface area contributed by atoms with E-state index in [-0.39, 0.29) is 23.3 Å². The van der Waals surface area contributed by atoms with Crippen LogP contribution in [0.25, 0.3) is 0 Å². The van der Waals surface area contributed by atoms with Gasteiger partial charge < -0.3 is 10.5 Å². The van der Waals surface area contributed by atoms with E-state index in [9.17, 15) is 13.2 Å². The number of nitrogens with one attached hydrogen (secondary N) is 1. The molecule has 134 valence electrons. The van der Waals surface area contributed by atoms with Gasteiger partial charge in [0.05, 0.1) is 15.6 Å². The molecule has 0 radical (unpaired) electrons. The second kappa shape index (κ2) is 7.99. The number of pyridine rings is 1. The molecule has 0 unspecified atom stereocenters. The Morgan fingerprint density at radius 2 is 1.92 bits per heavy atom. The van der Waals surface area contributed by atoms with Gasteiger partial charge in [0.1, 0.15) is 12.4 Å². The summed E-state index contributed by atoms with van der Waals surface area (Å²) in [6.07, 6.45) is -3.91. The first-order valence-electron chi connectivity index (χ1n) is 6.55. The monoisotopic (exact) mass is 412 g/mol. The summed E-state index contributed by atoms with van der Waals surface area (Å²) in [6.45, 7) is -0.132. The molecule has 0 saturated carbocycles. The van der Waals surface area contributed by atoms with Crippen molar-refractivity contribution in [1.29, 1.82) is 0 Å². The molecule has 0 aliphatic rings. The third kappa shape index (κ3) is 5.55. The van der Waals surface area contributed by atoms with Crippen LogP contribution in [0.4, 0.5) is 19.0 Å². The zero-order valence-electron chi connectivity index (χ0n) is 12.2. The highest BCUT2D eigenvalue weighted by atomic mass is 35.5. The number of hydrazone groups is 1. The molecule has 0 bridgehead atoms. The molecular weight excluding hydrogens is 404 g/mol. The van der Waals surface area contributed by atoms with Gasteiger partial charge in [-0.1, -0.05) is 34.8 Å². The van der Waals surface area contributed by atoms with Crippen molar-refractivity contribution < 1.29 is 17.9 Å². The number of alkyl halides is 3. The molecule has 3 N–H and O–H groups in total. The number of benzene rings is 1. The molecular formula is C14H10Cl3F3N4O. The molecule has 11 heteroatoms. The first-order chi connectivity index (χ1) is 11.7. The molecule has 25 heavy (non-hydrogen) atoms. The van der Waals surface area contributed by atoms with Crippen LogP contribution in [0.5, 0.6) is 5.75 Å². The van der Waals surface area contributed by atoms with Crippen molar-refractivity contribution in [2.45, 2.75) is 6.18 Å². The van der Waals surface area contributed by atoms with Crippen LogP contribution in [-0.2, 0) is 6.18 Å². The standard InChI is InChI=1S/C14H10Cl3F3N4O/c15-8-1-2-11(9(16)4-8)25-6-12(21)23-24-13-10(17)3-7(5-22-13)14(18,19)20/h1-5H,6H2,(H2,21,23)(H,22,24). The van der Waals surface area contributed by atoms with E-state index >= 15 is 0 Å². The maximum Gasteiger partial charge on any atom is 0.417 e. The Labute approximate surface area is 155 Å². The number of anilines is 1. The molecule has 0 amide bonds. The lowest BCUT2D eigenvalue weighted by molar-refractivity contribution is -0.137. The number of nitrogens with two attached hydrogens (primary N) is 1. The molecule has 2 rings (SSSR count). The van der Waals surface area contributed by atoms with Gasteiger partial charge in [0.15, 0.2) is 11.7 Å². The summed E-state index contributed by atoms with van der Waals surface area (Å²) in [7, 11) is 0. The maximum atomic E-state index is 12.5. The van der Waals surface area contributed by atoms with Crippen molar-refractivity contribution in [2.24, 2.45) is 10.8 Å². The molecule has 0 spiro atoms. The van der Waals surface area contributed by atoms with Crippen LogP contribution in [-0.4, -0.2) is 17.4 Å². The van der Waals surface area contributed by atoms with Crippen LogP contribution >= 0.6 is 34.8 Å². The first kappa shape index (κ1) is 19.4. The predicted octanol–water partition coefficient (Wildman–Crippen LogP) is 4.82. The molecule has 0 saturated heterocycles. The summed E-state index contributed by atoms with van der Waals surface area (Å²) in [5.74, 6) is 0.251. The van der Waals surface area contributed by atoms with Gasteiger partial charge in [-0.25, -0.2) is 4.98 Å². The Balaban J connectivity index is 1.99. The molecule has 1 aromatic heterocycles. The highest BCUT2D eigenvalue weighted by Crippen LogP contribution is 2.32. The van der Waals surface area contributed by atoms with Crippen molar-refractivity contribution in [3.8, 4) is 5.75 Å².